The minimum atomic E-state index is -4.85. The zero-order valence-electron chi connectivity index (χ0n) is 30.9. The number of urea groups is 1. The average molecular weight is 938 g/mol. The molecular weight excluding hydrogens is 880 g/mol. The van der Waals surface area contributed by atoms with Crippen molar-refractivity contribution in [3.05, 3.63) is 0 Å². The van der Waals surface area contributed by atoms with Gasteiger partial charge >= 0.3 is 38.7 Å². The molecule has 3 rings (SSSR count). The molecule has 26 N–H and O–H groups in total. The molecule has 1 aliphatic carbocycles. The second kappa shape index (κ2) is 23.9. The van der Waals surface area contributed by atoms with Crippen LogP contribution >= 0.6 is 44.4 Å². The molecule has 57 heavy (non-hydrogen) atoms. The highest BCUT2D eigenvalue weighted by atomic mass is 32.2. The lowest BCUT2D eigenvalue weighted by Gasteiger charge is -2.43. The van der Waals surface area contributed by atoms with Gasteiger partial charge in [0.2, 0.25) is 5.91 Å². The maximum absolute atomic E-state index is 13.5. The van der Waals surface area contributed by atoms with E-state index in [9.17, 15) is 39.4 Å². The number of aliphatic hydroxyl groups is 2. The number of nitrogens with one attached hydrogen (secondary N) is 3. The van der Waals surface area contributed by atoms with Gasteiger partial charge in [-0.1, -0.05) is 19.3 Å². The topological polar surface area (TPSA) is 504 Å². The Morgan fingerprint density at radius 1 is 0.719 bits per heavy atom. The van der Waals surface area contributed by atoms with Crippen LogP contribution in [0.1, 0.15) is 51.4 Å². The summed E-state index contributed by atoms with van der Waals surface area (Å²) in [6, 6.07) is 0.165. The van der Waals surface area contributed by atoms with Crippen molar-refractivity contribution >= 4 is 56.4 Å². The Balaban J connectivity index is 1.54. The number of carbonyl (C=O) groups excluding carboxylic acids is 2. The third kappa shape index (κ3) is 14.7. The zero-order chi connectivity index (χ0) is 42.4. The van der Waals surface area contributed by atoms with Crippen molar-refractivity contribution < 1.29 is 136 Å². The lowest BCUT2D eigenvalue weighted by atomic mass is 9.85. The molecular formula is C22H57N10O20P4S+8. The van der Waals surface area contributed by atoms with E-state index in [0.717, 1.165) is 25.0 Å². The largest absolute Gasteiger partial charge is 0.666 e. The SMILES string of the molecule is [NH3+]O[P+]([O])(OCCCCCCNC(=O)CCCC[C@@H]1SC[C@@H]2NC(=O)N[C@@H]21)OC1[C@H](O)[C@H](O[P+]([O-])(O[NH3+])O[NH3+])C(O[P+]([O-])(O[NH3+])O[NH3+])[C@H](O[P+]([O-])(O[NH3+])O[NH3+])[C@H]1O. The minimum Gasteiger partial charge on any atom is -0.596 e. The zero-order valence-corrected chi connectivity index (χ0v) is 35.3. The van der Waals surface area contributed by atoms with Gasteiger partial charge in [-0.25, -0.2) is 4.79 Å². The predicted molar refractivity (Wildman–Crippen MR) is 179 cm³/mol. The van der Waals surface area contributed by atoms with Crippen molar-refractivity contribution in [2.24, 2.45) is 0 Å². The Bertz CT molecular complexity index is 1220. The summed E-state index contributed by atoms with van der Waals surface area (Å²) in [5, 5.41) is 31.8. The molecule has 3 amide bonds. The summed E-state index contributed by atoms with van der Waals surface area (Å²) in [4.78, 5) is 76.2. The second-order valence-electron chi connectivity index (χ2n) is 12.4. The van der Waals surface area contributed by atoms with Gasteiger partial charge in [0, 0.05) is 56.3 Å². The van der Waals surface area contributed by atoms with E-state index in [-0.39, 0.29) is 30.6 Å². The second-order valence-corrected chi connectivity index (χ2v) is 20.2. The number of rotatable bonds is 28. The van der Waals surface area contributed by atoms with E-state index < -0.39 is 69.3 Å². The molecule has 35 heteroatoms. The van der Waals surface area contributed by atoms with Crippen molar-refractivity contribution in [1.82, 2.24) is 16.0 Å². The fraction of sp³-hybridized carbons (Fsp3) is 0.909. The van der Waals surface area contributed by atoms with Crippen LogP contribution in [0.25, 0.3) is 0 Å². The summed E-state index contributed by atoms with van der Waals surface area (Å²) in [6.45, 7) is 0.181. The van der Waals surface area contributed by atoms with Crippen molar-refractivity contribution in [2.75, 3.05) is 18.9 Å². The van der Waals surface area contributed by atoms with E-state index in [4.69, 9.17) is 27.2 Å². The smallest absolute Gasteiger partial charge is 0.596 e. The maximum Gasteiger partial charge on any atom is 0.666 e. The van der Waals surface area contributed by atoms with E-state index in [1.54, 1.807) is 0 Å². The monoisotopic (exact) mass is 937 g/mol. The third-order valence-electron chi connectivity index (χ3n) is 8.83. The molecule has 333 valence electrons. The van der Waals surface area contributed by atoms with Gasteiger partial charge in [0.25, 0.3) is 0 Å². The van der Waals surface area contributed by atoms with Crippen molar-refractivity contribution in [2.45, 2.75) is 105 Å². The standard InChI is InChI=1S/C22H55N10O20P4S/c23-46-53(37,41-10-6-2-1-5-9-30-14(33)8-4-3-7-13-15-12(11-57-13)31-22(36)32-15)42-18-16(34)19(43-54(38,47-24)48-25)21(45-56(40,51-28)52-29)20(17(18)35)44-55(39,49-26)50-27/h12-13,15-21,34-35H,1-11H2,23-29H3,(H-2,30,31,32,33,36)/q+6/p+2/t12-,13-,15-,16-,17-,18?,19-,20+,21?,53?/m0/s1. The van der Waals surface area contributed by atoms with Gasteiger partial charge in [-0.15, -0.1) is 9.05 Å². The highest BCUT2D eigenvalue weighted by Crippen LogP contribution is 2.62. The molecule has 3 unspecified atom stereocenters. The number of amides is 3. The summed E-state index contributed by atoms with van der Waals surface area (Å²) in [5.41, 5.74) is 0. The number of thioether (sulfide) groups is 1. The number of hydrogen-bond donors (Lipinski definition) is 12. The molecule has 0 aromatic carbocycles. The van der Waals surface area contributed by atoms with Crippen molar-refractivity contribution in [1.29, 1.82) is 0 Å². The van der Waals surface area contributed by atoms with Gasteiger partial charge in [0.05, 0.1) is 17.0 Å². The van der Waals surface area contributed by atoms with Crippen molar-refractivity contribution in [3.8, 4) is 0 Å². The molecule has 3 aliphatic rings. The van der Waals surface area contributed by atoms with E-state index in [1.165, 1.54) is 0 Å². The van der Waals surface area contributed by atoms with E-state index in [2.05, 4.69) is 85.0 Å². The number of hydrogen-bond acceptors (Lipinski definition) is 20. The number of carbonyl (C=O) groups is 2. The first-order chi connectivity index (χ1) is 27.0. The van der Waals surface area contributed by atoms with E-state index in [0.29, 0.717) is 43.9 Å². The number of quaternary nitrogens is 7. The molecule has 10 atom stereocenters. The quantitative estimate of drug-likeness (QED) is 0.0150. The van der Waals surface area contributed by atoms with E-state index in [1.807, 2.05) is 11.8 Å². The lowest BCUT2D eigenvalue weighted by molar-refractivity contribution is -0.705. The Hall–Kier alpha value is -0.190. The fourth-order valence-corrected chi connectivity index (χ4v) is 10.8. The summed E-state index contributed by atoms with van der Waals surface area (Å²) in [6.07, 6.45) is -8.69. The Labute approximate surface area is 331 Å². The normalized spacial score (nSPS) is 29.1. The highest BCUT2D eigenvalue weighted by molar-refractivity contribution is 8.00. The van der Waals surface area contributed by atoms with Crippen LogP contribution < -0.4 is 71.9 Å². The summed E-state index contributed by atoms with van der Waals surface area (Å²) in [5.74, 6) is 21.5. The van der Waals surface area contributed by atoms with Gasteiger partial charge in [-0.2, -0.15) is 66.6 Å². The Morgan fingerprint density at radius 2 is 1.25 bits per heavy atom. The molecule has 0 aromatic heterocycles. The Morgan fingerprint density at radius 3 is 1.77 bits per heavy atom. The molecule has 1 radical (unpaired) electrons. The molecule has 2 saturated heterocycles. The van der Waals surface area contributed by atoms with Gasteiger partial charge in [-0.05, 0) is 25.7 Å². The van der Waals surface area contributed by atoms with Crippen molar-refractivity contribution in [3.63, 3.8) is 0 Å². The Kier molecular flexibility index (Phi) is 21.4. The number of aliphatic hydroxyl groups excluding tert-OH is 2. The fourth-order valence-electron chi connectivity index (χ4n) is 5.98. The van der Waals surface area contributed by atoms with E-state index >= 15 is 0 Å². The highest BCUT2D eigenvalue weighted by Gasteiger charge is 2.69. The third-order valence-corrected chi connectivity index (χ3v) is 15.1. The number of phosphoric acid groups is 3. The van der Waals surface area contributed by atoms with Crippen LogP contribution in [0.3, 0.4) is 0 Å². The van der Waals surface area contributed by atoms with Crippen LogP contribution in [-0.2, 0) is 64.7 Å². The van der Waals surface area contributed by atoms with Gasteiger partial charge in [0.15, 0.2) is 24.4 Å². The number of unbranched alkanes of at least 4 members (excludes halogenated alkanes) is 4. The molecule has 3 fully saturated rings. The minimum absolute atomic E-state index is 0.0661. The first-order valence-electron chi connectivity index (χ1n) is 17.1. The molecule has 0 spiro atoms. The maximum atomic E-state index is 13.5. The molecule has 2 heterocycles. The van der Waals surface area contributed by atoms with Gasteiger partial charge < -0.3 is 40.8 Å². The van der Waals surface area contributed by atoms with Crippen LogP contribution in [0, 0.1) is 0 Å². The molecule has 1 saturated carbocycles. The molecule has 30 nitrogen and oxygen atoms in total. The summed E-state index contributed by atoms with van der Waals surface area (Å²) < 4.78 is 57.8. The molecule has 0 aromatic rings. The first-order valence-corrected chi connectivity index (χ1v) is 24.0. The van der Waals surface area contributed by atoms with Crippen LogP contribution in [-0.4, -0.2) is 95.0 Å². The summed E-state index contributed by atoms with van der Waals surface area (Å²) >= 11 is 1.83. The predicted octanol–water partition coefficient (Wildman–Crippen LogP) is -9.88. The van der Waals surface area contributed by atoms with Gasteiger partial charge in [-0.3, -0.25) is 4.79 Å². The van der Waals surface area contributed by atoms with Crippen LogP contribution in [0.5, 0.6) is 0 Å². The van der Waals surface area contributed by atoms with Crippen LogP contribution in [0.4, 0.5) is 4.79 Å². The lowest BCUT2D eigenvalue weighted by Crippen LogP contribution is -2.69. The molecule has 2 aliphatic heterocycles. The average Bonchev–Trinajstić information content (AvgIpc) is 3.77. The van der Waals surface area contributed by atoms with Crippen LogP contribution in [0.15, 0.2) is 0 Å². The summed E-state index contributed by atoms with van der Waals surface area (Å²) in [7, 11) is -19.4. The first kappa shape index (κ1) is 51.2. The van der Waals surface area contributed by atoms with Crippen LogP contribution in [0.2, 0.25) is 0 Å². The molecule has 0 bridgehead atoms. The van der Waals surface area contributed by atoms with Gasteiger partial charge in [0.1, 0.15) is 18.8 Å². The number of fused-ring (bicyclic) bond motifs is 1.